The van der Waals surface area contributed by atoms with Gasteiger partial charge in [0.15, 0.2) is 0 Å². The van der Waals surface area contributed by atoms with Crippen molar-refractivity contribution >= 4 is 38.1 Å². The smallest absolute Gasteiger partial charge is 0.260 e. The Balaban J connectivity index is 1.78. The number of nitrogens with zero attached hydrogens (tertiary/aromatic N) is 2. The second-order valence-electron chi connectivity index (χ2n) is 6.96. The Labute approximate surface area is 182 Å². The van der Waals surface area contributed by atoms with Crippen molar-refractivity contribution in [2.75, 3.05) is 23.7 Å². The molecule has 0 saturated heterocycles. The summed E-state index contributed by atoms with van der Waals surface area (Å²) < 4.78 is 31.4. The Hall–Kier alpha value is -3.39. The summed E-state index contributed by atoms with van der Waals surface area (Å²) in [5.74, 6) is 0.214. The summed E-state index contributed by atoms with van der Waals surface area (Å²) in [4.78, 5) is 12.5. The van der Waals surface area contributed by atoms with Crippen molar-refractivity contribution in [1.82, 2.24) is 5.43 Å². The minimum absolute atomic E-state index is 0.382. The van der Waals surface area contributed by atoms with Gasteiger partial charge in [0.05, 0.1) is 24.3 Å². The SMILES string of the molecule is CCOc1ccc(/C(C)=N\NC(=O)CN(c2cccc3ccccc23)S(C)(=O)=O)cc1. The largest absolute Gasteiger partial charge is 0.494 e. The van der Waals surface area contributed by atoms with E-state index in [1.165, 1.54) is 0 Å². The number of rotatable bonds is 8. The van der Waals surface area contributed by atoms with Crippen LogP contribution in [-0.2, 0) is 14.8 Å². The maximum absolute atomic E-state index is 12.5. The van der Waals surface area contributed by atoms with Gasteiger partial charge in [-0.3, -0.25) is 9.10 Å². The Morgan fingerprint density at radius 3 is 2.39 bits per heavy atom. The zero-order valence-corrected chi connectivity index (χ0v) is 18.5. The summed E-state index contributed by atoms with van der Waals surface area (Å²) in [6.07, 6.45) is 1.08. The number of hydrazone groups is 1. The van der Waals surface area contributed by atoms with E-state index >= 15 is 0 Å². The van der Waals surface area contributed by atoms with Crippen LogP contribution in [-0.4, -0.2) is 39.4 Å². The molecule has 0 bridgehead atoms. The van der Waals surface area contributed by atoms with Gasteiger partial charge in [-0.15, -0.1) is 0 Å². The molecule has 0 unspecified atom stereocenters. The van der Waals surface area contributed by atoms with E-state index in [0.717, 1.165) is 32.6 Å². The van der Waals surface area contributed by atoms with Gasteiger partial charge in [-0.2, -0.15) is 5.10 Å². The number of fused-ring (bicyclic) bond motifs is 1. The number of carbonyl (C=O) groups is 1. The van der Waals surface area contributed by atoms with E-state index in [2.05, 4.69) is 10.5 Å². The van der Waals surface area contributed by atoms with E-state index < -0.39 is 15.9 Å². The van der Waals surface area contributed by atoms with Crippen LogP contribution in [0.4, 0.5) is 5.69 Å². The number of anilines is 1. The van der Waals surface area contributed by atoms with E-state index in [1.807, 2.05) is 61.5 Å². The minimum atomic E-state index is -3.70. The number of hydrogen-bond donors (Lipinski definition) is 1. The summed E-state index contributed by atoms with van der Waals surface area (Å²) >= 11 is 0. The molecular weight excluding hydrogens is 414 g/mol. The Bertz CT molecular complexity index is 1200. The lowest BCUT2D eigenvalue weighted by atomic mass is 10.1. The maximum atomic E-state index is 12.5. The molecule has 3 aromatic carbocycles. The highest BCUT2D eigenvalue weighted by Gasteiger charge is 2.22. The van der Waals surface area contributed by atoms with Crippen molar-refractivity contribution in [3.63, 3.8) is 0 Å². The van der Waals surface area contributed by atoms with Crippen LogP contribution in [0, 0.1) is 0 Å². The quantitative estimate of drug-likeness (QED) is 0.430. The zero-order chi connectivity index (χ0) is 22.4. The standard InChI is InChI=1S/C23H25N3O4S/c1-4-30-20-14-12-18(13-15-20)17(2)24-25-23(27)16-26(31(3,28)29)22-11-7-9-19-8-5-6-10-21(19)22/h5-15H,4,16H2,1-3H3,(H,25,27)/b24-17-. The van der Waals surface area contributed by atoms with Crippen LogP contribution < -0.4 is 14.5 Å². The number of carbonyl (C=O) groups excluding carboxylic acids is 1. The second-order valence-corrected chi connectivity index (χ2v) is 8.86. The van der Waals surface area contributed by atoms with Gasteiger partial charge in [-0.25, -0.2) is 13.8 Å². The van der Waals surface area contributed by atoms with E-state index in [9.17, 15) is 13.2 Å². The first kappa shape index (κ1) is 22.3. The lowest BCUT2D eigenvalue weighted by Crippen LogP contribution is -2.39. The summed E-state index contributed by atoms with van der Waals surface area (Å²) in [6.45, 7) is 3.87. The van der Waals surface area contributed by atoms with Crippen molar-refractivity contribution < 1.29 is 17.9 Å². The van der Waals surface area contributed by atoms with E-state index in [4.69, 9.17) is 4.74 Å². The molecule has 0 fully saturated rings. The Kier molecular flexibility index (Phi) is 6.91. The fraction of sp³-hybridized carbons (Fsp3) is 0.217. The molecule has 1 amide bonds. The van der Waals surface area contributed by atoms with Crippen molar-refractivity contribution in [2.45, 2.75) is 13.8 Å². The van der Waals surface area contributed by atoms with Gasteiger partial charge in [-0.05, 0) is 55.1 Å². The first-order valence-corrected chi connectivity index (χ1v) is 11.7. The van der Waals surface area contributed by atoms with Gasteiger partial charge in [0.1, 0.15) is 12.3 Å². The first-order valence-electron chi connectivity index (χ1n) is 9.81. The molecule has 0 aliphatic heterocycles. The van der Waals surface area contributed by atoms with Gasteiger partial charge in [0, 0.05) is 5.39 Å². The summed E-state index contributed by atoms with van der Waals surface area (Å²) in [7, 11) is -3.70. The average Bonchev–Trinajstić information content (AvgIpc) is 2.75. The third-order valence-electron chi connectivity index (χ3n) is 4.65. The summed E-state index contributed by atoms with van der Waals surface area (Å²) in [6, 6.07) is 20.1. The fourth-order valence-corrected chi connectivity index (χ4v) is 4.01. The molecule has 0 heterocycles. The number of amides is 1. The van der Waals surface area contributed by atoms with E-state index in [0.29, 0.717) is 18.0 Å². The normalized spacial score (nSPS) is 11.9. The number of benzene rings is 3. The highest BCUT2D eigenvalue weighted by molar-refractivity contribution is 7.92. The lowest BCUT2D eigenvalue weighted by Gasteiger charge is -2.23. The van der Waals surface area contributed by atoms with Crippen molar-refractivity contribution in [1.29, 1.82) is 0 Å². The van der Waals surface area contributed by atoms with E-state index in [1.54, 1.807) is 19.1 Å². The number of ether oxygens (including phenoxy) is 1. The molecule has 0 atom stereocenters. The van der Waals surface area contributed by atoms with Crippen molar-refractivity contribution in [2.24, 2.45) is 5.10 Å². The molecule has 0 aromatic heterocycles. The minimum Gasteiger partial charge on any atom is -0.494 e. The molecule has 0 spiro atoms. The third-order valence-corrected chi connectivity index (χ3v) is 5.78. The fourth-order valence-electron chi connectivity index (χ4n) is 3.14. The molecule has 0 saturated carbocycles. The highest BCUT2D eigenvalue weighted by atomic mass is 32.2. The average molecular weight is 440 g/mol. The number of hydrogen-bond acceptors (Lipinski definition) is 5. The van der Waals surface area contributed by atoms with Crippen LogP contribution in [0.5, 0.6) is 5.75 Å². The second kappa shape index (κ2) is 9.61. The van der Waals surface area contributed by atoms with Crippen LogP contribution >= 0.6 is 0 Å². The van der Waals surface area contributed by atoms with E-state index in [-0.39, 0.29) is 6.54 Å². The lowest BCUT2D eigenvalue weighted by molar-refractivity contribution is -0.119. The molecule has 3 aromatic rings. The Morgan fingerprint density at radius 2 is 1.71 bits per heavy atom. The van der Waals surface area contributed by atoms with Crippen LogP contribution in [0.3, 0.4) is 0 Å². The molecule has 162 valence electrons. The molecule has 31 heavy (non-hydrogen) atoms. The van der Waals surface area contributed by atoms with Crippen molar-refractivity contribution in [3.05, 3.63) is 72.3 Å². The molecule has 0 radical (unpaired) electrons. The van der Waals surface area contributed by atoms with Crippen LogP contribution in [0.15, 0.2) is 71.8 Å². The molecule has 3 rings (SSSR count). The van der Waals surface area contributed by atoms with Gasteiger partial charge >= 0.3 is 0 Å². The monoisotopic (exact) mass is 439 g/mol. The molecule has 0 aliphatic rings. The predicted molar refractivity (Wildman–Crippen MR) is 124 cm³/mol. The summed E-state index contributed by atoms with van der Waals surface area (Å²) in [5.41, 5.74) is 4.31. The number of sulfonamides is 1. The van der Waals surface area contributed by atoms with Gasteiger partial charge in [0.25, 0.3) is 5.91 Å². The Morgan fingerprint density at radius 1 is 1.03 bits per heavy atom. The van der Waals surface area contributed by atoms with Gasteiger partial charge in [-0.1, -0.05) is 36.4 Å². The topological polar surface area (TPSA) is 88.1 Å². The third kappa shape index (κ3) is 5.61. The molecule has 1 N–H and O–H groups in total. The number of nitrogens with one attached hydrogen (secondary N) is 1. The van der Waals surface area contributed by atoms with Crippen LogP contribution in [0.2, 0.25) is 0 Å². The first-order chi connectivity index (χ1) is 14.8. The molecular formula is C23H25N3O4S. The molecule has 8 heteroatoms. The van der Waals surface area contributed by atoms with Crippen LogP contribution in [0.1, 0.15) is 19.4 Å². The molecule has 0 aliphatic carbocycles. The predicted octanol–water partition coefficient (Wildman–Crippen LogP) is 3.54. The maximum Gasteiger partial charge on any atom is 0.260 e. The zero-order valence-electron chi connectivity index (χ0n) is 17.7. The highest BCUT2D eigenvalue weighted by Crippen LogP contribution is 2.28. The van der Waals surface area contributed by atoms with Crippen molar-refractivity contribution in [3.8, 4) is 5.75 Å². The van der Waals surface area contributed by atoms with Gasteiger partial charge in [0.2, 0.25) is 10.0 Å². The molecule has 7 nitrogen and oxygen atoms in total. The summed E-state index contributed by atoms with van der Waals surface area (Å²) in [5, 5.41) is 5.75. The van der Waals surface area contributed by atoms with Gasteiger partial charge < -0.3 is 4.74 Å². The van der Waals surface area contributed by atoms with Crippen LogP contribution in [0.25, 0.3) is 10.8 Å².